The van der Waals surface area contributed by atoms with Gasteiger partial charge in [-0.15, -0.1) is 0 Å². The van der Waals surface area contributed by atoms with Crippen molar-refractivity contribution in [3.63, 3.8) is 0 Å². The monoisotopic (exact) mass is 265 g/mol. The van der Waals surface area contributed by atoms with E-state index in [9.17, 15) is 0 Å². The zero-order valence-corrected chi connectivity index (χ0v) is 11.2. The van der Waals surface area contributed by atoms with Crippen molar-refractivity contribution in [2.75, 3.05) is 7.05 Å². The molecule has 1 aromatic carbocycles. The molecule has 0 aliphatic heterocycles. The second-order valence-corrected chi connectivity index (χ2v) is 4.47. The molecule has 0 aliphatic rings. The third-order valence-electron chi connectivity index (χ3n) is 3.04. The maximum Gasteiger partial charge on any atom is 0.150 e. The van der Waals surface area contributed by atoms with E-state index < -0.39 is 0 Å². The van der Waals surface area contributed by atoms with Crippen LogP contribution in [0.15, 0.2) is 55.0 Å². The predicted molar refractivity (Wildman–Crippen MR) is 78.8 cm³/mol. The van der Waals surface area contributed by atoms with Crippen molar-refractivity contribution in [1.29, 1.82) is 0 Å². The molecule has 2 heterocycles. The molecule has 0 bridgehead atoms. The van der Waals surface area contributed by atoms with Gasteiger partial charge in [0.2, 0.25) is 0 Å². The Kier molecular flexibility index (Phi) is 3.56. The molecular weight excluding hydrogens is 250 g/mol. The number of ether oxygens (including phenoxy) is 1. The number of rotatable bonds is 4. The minimum Gasteiger partial charge on any atom is -0.455 e. The van der Waals surface area contributed by atoms with Gasteiger partial charge >= 0.3 is 0 Å². The lowest BCUT2D eigenvalue weighted by atomic mass is 10.2. The maximum atomic E-state index is 5.93. The van der Waals surface area contributed by atoms with E-state index in [0.29, 0.717) is 0 Å². The van der Waals surface area contributed by atoms with Gasteiger partial charge in [-0.1, -0.05) is 6.07 Å². The fourth-order valence-corrected chi connectivity index (χ4v) is 2.07. The van der Waals surface area contributed by atoms with E-state index in [0.717, 1.165) is 34.5 Å². The van der Waals surface area contributed by atoms with Crippen molar-refractivity contribution in [2.24, 2.45) is 0 Å². The number of pyridine rings is 2. The van der Waals surface area contributed by atoms with Crippen LogP contribution in [-0.4, -0.2) is 17.0 Å². The average molecular weight is 265 g/mol. The van der Waals surface area contributed by atoms with Gasteiger partial charge in [0, 0.05) is 36.0 Å². The van der Waals surface area contributed by atoms with Crippen molar-refractivity contribution in [3.8, 4) is 11.5 Å². The van der Waals surface area contributed by atoms with E-state index in [1.54, 1.807) is 18.6 Å². The summed E-state index contributed by atoms with van der Waals surface area (Å²) < 4.78 is 5.93. The van der Waals surface area contributed by atoms with E-state index in [1.165, 1.54) is 0 Å². The van der Waals surface area contributed by atoms with Gasteiger partial charge in [-0.25, -0.2) is 0 Å². The summed E-state index contributed by atoms with van der Waals surface area (Å²) in [6.07, 6.45) is 5.28. The highest BCUT2D eigenvalue weighted by Crippen LogP contribution is 2.26. The second-order valence-electron chi connectivity index (χ2n) is 4.47. The predicted octanol–water partition coefficient (Wildman–Crippen LogP) is 3.14. The van der Waals surface area contributed by atoms with Gasteiger partial charge in [0.1, 0.15) is 11.5 Å². The molecule has 0 spiro atoms. The summed E-state index contributed by atoms with van der Waals surface area (Å²) in [6, 6.07) is 11.8. The molecule has 0 saturated carbocycles. The molecule has 0 radical (unpaired) electrons. The van der Waals surface area contributed by atoms with E-state index >= 15 is 0 Å². The Morgan fingerprint density at radius 3 is 3.00 bits per heavy atom. The molecule has 0 amide bonds. The molecule has 4 heteroatoms. The second kappa shape index (κ2) is 5.67. The lowest BCUT2D eigenvalue weighted by molar-refractivity contribution is 0.472. The fraction of sp³-hybridized carbons (Fsp3) is 0.125. The van der Waals surface area contributed by atoms with Gasteiger partial charge in [0.25, 0.3) is 0 Å². The molecular formula is C16H15N3O. The molecule has 20 heavy (non-hydrogen) atoms. The first-order valence-corrected chi connectivity index (χ1v) is 6.47. The summed E-state index contributed by atoms with van der Waals surface area (Å²) in [4.78, 5) is 8.45. The molecule has 1 N–H and O–H groups in total. The van der Waals surface area contributed by atoms with Crippen molar-refractivity contribution in [3.05, 3.63) is 60.6 Å². The number of hydrogen-bond donors (Lipinski definition) is 1. The minimum atomic E-state index is 0.740. The van der Waals surface area contributed by atoms with Crippen molar-refractivity contribution in [1.82, 2.24) is 15.3 Å². The molecule has 0 unspecified atom stereocenters. The lowest BCUT2D eigenvalue weighted by Gasteiger charge is -2.10. The standard InChI is InChI=1S/C16H15N3O/c1-17-10-13-6-8-18-11-16(13)20-14-5-4-12-3-2-7-19-15(12)9-14/h2-9,11,17H,10H2,1H3. The normalized spacial score (nSPS) is 10.7. The topological polar surface area (TPSA) is 47.0 Å². The average Bonchev–Trinajstić information content (AvgIpc) is 2.49. The van der Waals surface area contributed by atoms with E-state index in [4.69, 9.17) is 4.74 Å². The quantitative estimate of drug-likeness (QED) is 0.787. The first-order chi connectivity index (χ1) is 9.86. The summed E-state index contributed by atoms with van der Waals surface area (Å²) in [7, 11) is 1.91. The molecule has 4 nitrogen and oxygen atoms in total. The number of nitrogens with zero attached hydrogens (tertiary/aromatic N) is 2. The van der Waals surface area contributed by atoms with Gasteiger partial charge in [-0.3, -0.25) is 9.97 Å². The van der Waals surface area contributed by atoms with Crippen LogP contribution in [0.5, 0.6) is 11.5 Å². The van der Waals surface area contributed by atoms with Crippen molar-refractivity contribution in [2.45, 2.75) is 6.54 Å². The number of fused-ring (bicyclic) bond motifs is 1. The number of benzene rings is 1. The highest BCUT2D eigenvalue weighted by Gasteiger charge is 2.05. The third kappa shape index (κ3) is 2.60. The van der Waals surface area contributed by atoms with Crippen molar-refractivity contribution >= 4 is 10.9 Å². The van der Waals surface area contributed by atoms with Crippen LogP contribution in [0.1, 0.15) is 5.56 Å². The molecule has 0 atom stereocenters. The zero-order valence-electron chi connectivity index (χ0n) is 11.2. The van der Waals surface area contributed by atoms with Gasteiger partial charge in [0.05, 0.1) is 11.7 Å². The van der Waals surface area contributed by atoms with Crippen LogP contribution in [0.25, 0.3) is 10.9 Å². The summed E-state index contributed by atoms with van der Waals surface area (Å²) in [5.41, 5.74) is 1.99. The van der Waals surface area contributed by atoms with Crippen molar-refractivity contribution < 1.29 is 4.74 Å². The number of hydrogen-bond acceptors (Lipinski definition) is 4. The molecule has 0 saturated heterocycles. The zero-order chi connectivity index (χ0) is 13.8. The Bertz CT molecular complexity index is 727. The fourth-order valence-electron chi connectivity index (χ4n) is 2.07. The molecule has 3 aromatic rings. The Morgan fingerprint density at radius 1 is 1.15 bits per heavy atom. The van der Waals surface area contributed by atoms with Gasteiger partial charge < -0.3 is 10.1 Å². The van der Waals surface area contributed by atoms with Gasteiger partial charge in [-0.05, 0) is 31.3 Å². The Balaban J connectivity index is 1.93. The SMILES string of the molecule is CNCc1ccncc1Oc1ccc2cccnc2c1. The highest BCUT2D eigenvalue weighted by atomic mass is 16.5. The molecule has 0 fully saturated rings. The maximum absolute atomic E-state index is 5.93. The third-order valence-corrected chi connectivity index (χ3v) is 3.04. The lowest BCUT2D eigenvalue weighted by Crippen LogP contribution is -2.06. The van der Waals surface area contributed by atoms with E-state index in [-0.39, 0.29) is 0 Å². The minimum absolute atomic E-state index is 0.740. The summed E-state index contributed by atoms with van der Waals surface area (Å²) in [5, 5.41) is 4.22. The van der Waals surface area contributed by atoms with Crippen LogP contribution in [0, 0.1) is 0 Å². The Morgan fingerprint density at radius 2 is 2.10 bits per heavy atom. The summed E-state index contributed by atoms with van der Waals surface area (Å²) in [5.74, 6) is 1.53. The van der Waals surface area contributed by atoms with E-state index in [2.05, 4.69) is 15.3 Å². The van der Waals surface area contributed by atoms with Crippen LogP contribution in [-0.2, 0) is 6.54 Å². The van der Waals surface area contributed by atoms with Crippen LogP contribution >= 0.6 is 0 Å². The van der Waals surface area contributed by atoms with E-state index in [1.807, 2.05) is 43.4 Å². The van der Waals surface area contributed by atoms with Gasteiger partial charge in [0.15, 0.2) is 0 Å². The highest BCUT2D eigenvalue weighted by molar-refractivity contribution is 5.79. The van der Waals surface area contributed by atoms with Crippen LogP contribution in [0.4, 0.5) is 0 Å². The summed E-state index contributed by atoms with van der Waals surface area (Å²) >= 11 is 0. The van der Waals surface area contributed by atoms with Crippen LogP contribution in [0.3, 0.4) is 0 Å². The largest absolute Gasteiger partial charge is 0.455 e. The molecule has 2 aromatic heterocycles. The summed E-state index contributed by atoms with van der Waals surface area (Å²) in [6.45, 7) is 0.740. The van der Waals surface area contributed by atoms with Gasteiger partial charge in [-0.2, -0.15) is 0 Å². The van der Waals surface area contributed by atoms with Crippen LogP contribution < -0.4 is 10.1 Å². The molecule has 100 valence electrons. The Labute approximate surface area is 117 Å². The smallest absolute Gasteiger partial charge is 0.150 e. The number of nitrogens with one attached hydrogen (secondary N) is 1. The first kappa shape index (κ1) is 12.6. The first-order valence-electron chi connectivity index (χ1n) is 6.47. The Hall–Kier alpha value is -2.46. The van der Waals surface area contributed by atoms with Crippen LogP contribution in [0.2, 0.25) is 0 Å². The molecule has 3 rings (SSSR count). The number of aromatic nitrogens is 2. The molecule has 0 aliphatic carbocycles.